The number of thiophene rings is 1. The van der Waals surface area contributed by atoms with Gasteiger partial charge in [-0.1, -0.05) is 17.7 Å². The summed E-state index contributed by atoms with van der Waals surface area (Å²) in [6.45, 7) is 1.49. The van der Waals surface area contributed by atoms with Gasteiger partial charge in [0.05, 0.1) is 23.4 Å². The molecule has 1 aliphatic rings. The van der Waals surface area contributed by atoms with Crippen LogP contribution in [-0.4, -0.2) is 23.2 Å². The van der Waals surface area contributed by atoms with Crippen molar-refractivity contribution in [3.8, 4) is 0 Å². The van der Waals surface area contributed by atoms with Crippen molar-refractivity contribution < 1.29 is 4.74 Å². The Hall–Kier alpha value is -0.970. The van der Waals surface area contributed by atoms with Crippen LogP contribution in [0, 0.1) is 0 Å². The van der Waals surface area contributed by atoms with Crippen LogP contribution in [0.1, 0.15) is 11.3 Å². The van der Waals surface area contributed by atoms with Crippen molar-refractivity contribution in [3.63, 3.8) is 0 Å². The van der Waals surface area contributed by atoms with E-state index in [4.69, 9.17) is 16.3 Å². The quantitative estimate of drug-likeness (QED) is 0.732. The fraction of sp³-hybridized carbons (Fsp3) is 0.273. The first-order valence-electron chi connectivity index (χ1n) is 5.02. The lowest BCUT2D eigenvalue weighted by Crippen LogP contribution is -2.02. The van der Waals surface area contributed by atoms with Gasteiger partial charge in [0.2, 0.25) is 0 Å². The number of fused-ring (bicyclic) bond motifs is 1. The van der Waals surface area contributed by atoms with E-state index in [0.717, 1.165) is 23.2 Å². The fourth-order valence-electron chi connectivity index (χ4n) is 1.73. The largest absolute Gasteiger partial charge is 0.377 e. The molecule has 16 heavy (non-hydrogen) atoms. The first-order chi connectivity index (χ1) is 7.84. The lowest BCUT2D eigenvalue weighted by Gasteiger charge is -2.11. The topological polar surface area (TPSA) is 35.0 Å². The van der Waals surface area contributed by atoms with E-state index in [2.05, 4.69) is 22.1 Å². The number of rotatable bonds is 1. The Bertz CT molecular complexity index is 564. The van der Waals surface area contributed by atoms with Gasteiger partial charge >= 0.3 is 0 Å². The third kappa shape index (κ3) is 1.73. The summed E-state index contributed by atoms with van der Waals surface area (Å²) in [7, 11) is 0. The molecule has 0 saturated heterocycles. The second-order valence-electron chi connectivity index (χ2n) is 3.54. The number of hydrogen-bond acceptors (Lipinski definition) is 4. The molecule has 0 bridgehead atoms. The minimum Gasteiger partial charge on any atom is -0.377 e. The van der Waals surface area contributed by atoms with Crippen molar-refractivity contribution in [2.75, 3.05) is 13.2 Å². The van der Waals surface area contributed by atoms with Crippen LogP contribution >= 0.6 is 22.9 Å². The van der Waals surface area contributed by atoms with Crippen LogP contribution in [0.3, 0.4) is 0 Å². The maximum Gasteiger partial charge on any atom is 0.150 e. The molecule has 0 spiro atoms. The normalized spacial score (nSPS) is 16.4. The number of ether oxygens (including phenoxy) is 1. The van der Waals surface area contributed by atoms with Gasteiger partial charge in [-0.2, -0.15) is 0 Å². The number of hydrogen-bond donors (Lipinski definition) is 0. The SMILES string of the molecule is Clc1ncnc2cc(C3=CCOCC3)sc12. The molecule has 3 rings (SSSR count). The van der Waals surface area contributed by atoms with E-state index in [9.17, 15) is 0 Å². The smallest absolute Gasteiger partial charge is 0.150 e. The standard InChI is InChI=1S/C11H9ClN2OS/c12-11-10-8(13-6-14-11)5-9(16-10)7-1-3-15-4-2-7/h1,5-6H,2-4H2. The summed E-state index contributed by atoms with van der Waals surface area (Å²) >= 11 is 7.67. The molecule has 3 nitrogen and oxygen atoms in total. The van der Waals surface area contributed by atoms with Crippen molar-refractivity contribution in [2.45, 2.75) is 6.42 Å². The lowest BCUT2D eigenvalue weighted by molar-refractivity contribution is 0.161. The molecule has 2 aromatic rings. The summed E-state index contributed by atoms with van der Waals surface area (Å²) in [4.78, 5) is 9.42. The third-order valence-electron chi connectivity index (χ3n) is 2.55. The highest BCUT2D eigenvalue weighted by atomic mass is 35.5. The zero-order chi connectivity index (χ0) is 11.0. The van der Waals surface area contributed by atoms with Crippen LogP contribution in [0.2, 0.25) is 5.15 Å². The molecule has 0 fully saturated rings. The van der Waals surface area contributed by atoms with Gasteiger partial charge in [0, 0.05) is 4.88 Å². The number of aromatic nitrogens is 2. The molecule has 0 unspecified atom stereocenters. The van der Waals surface area contributed by atoms with Gasteiger partial charge in [-0.15, -0.1) is 11.3 Å². The maximum absolute atomic E-state index is 6.02. The van der Waals surface area contributed by atoms with Crippen LogP contribution in [0.4, 0.5) is 0 Å². The van der Waals surface area contributed by atoms with Crippen LogP contribution in [0.5, 0.6) is 0 Å². The minimum absolute atomic E-state index is 0.536. The Morgan fingerprint density at radius 3 is 3.06 bits per heavy atom. The van der Waals surface area contributed by atoms with Gasteiger partial charge in [0.15, 0.2) is 0 Å². The fourth-order valence-corrected chi connectivity index (χ4v) is 3.05. The van der Waals surface area contributed by atoms with E-state index in [-0.39, 0.29) is 0 Å². The predicted octanol–water partition coefficient (Wildman–Crippen LogP) is 3.15. The van der Waals surface area contributed by atoms with Crippen LogP contribution < -0.4 is 0 Å². The highest BCUT2D eigenvalue weighted by Gasteiger charge is 2.12. The Morgan fingerprint density at radius 1 is 1.38 bits per heavy atom. The molecule has 3 heterocycles. The van der Waals surface area contributed by atoms with Crippen molar-refractivity contribution in [3.05, 3.63) is 28.5 Å². The summed E-state index contributed by atoms with van der Waals surface area (Å²) in [5.41, 5.74) is 2.25. The van der Waals surface area contributed by atoms with Gasteiger partial charge in [-0.05, 0) is 18.1 Å². The average Bonchev–Trinajstić information content (AvgIpc) is 2.76. The second-order valence-corrected chi connectivity index (χ2v) is 4.95. The lowest BCUT2D eigenvalue weighted by atomic mass is 10.1. The Balaban J connectivity index is 2.11. The maximum atomic E-state index is 6.02. The average molecular weight is 253 g/mol. The third-order valence-corrected chi connectivity index (χ3v) is 4.15. The van der Waals surface area contributed by atoms with Gasteiger partial charge in [0.1, 0.15) is 11.5 Å². The van der Waals surface area contributed by atoms with Gasteiger partial charge < -0.3 is 4.74 Å². The zero-order valence-corrected chi connectivity index (χ0v) is 10.0. The van der Waals surface area contributed by atoms with E-state index < -0.39 is 0 Å². The molecule has 0 N–H and O–H groups in total. The molecule has 1 aliphatic heterocycles. The Labute approximate surface area is 102 Å². The van der Waals surface area contributed by atoms with Crippen molar-refractivity contribution in [1.29, 1.82) is 0 Å². The van der Waals surface area contributed by atoms with Crippen LogP contribution in [0.15, 0.2) is 18.5 Å². The molecule has 0 amide bonds. The monoisotopic (exact) mass is 252 g/mol. The molecule has 2 aromatic heterocycles. The zero-order valence-electron chi connectivity index (χ0n) is 8.44. The van der Waals surface area contributed by atoms with Crippen molar-refractivity contribution in [1.82, 2.24) is 9.97 Å². The molecule has 0 aliphatic carbocycles. The van der Waals surface area contributed by atoms with E-state index in [0.29, 0.717) is 11.8 Å². The summed E-state index contributed by atoms with van der Waals surface area (Å²) in [6.07, 6.45) is 4.58. The summed E-state index contributed by atoms with van der Waals surface area (Å²) in [6, 6.07) is 2.07. The van der Waals surface area contributed by atoms with Gasteiger partial charge in [0.25, 0.3) is 0 Å². The number of halogens is 1. The highest BCUT2D eigenvalue weighted by molar-refractivity contribution is 7.20. The molecule has 82 valence electrons. The Kier molecular flexibility index (Phi) is 2.63. The first kappa shape index (κ1) is 10.2. The summed E-state index contributed by atoms with van der Waals surface area (Å²) in [5.74, 6) is 0. The molecular weight excluding hydrogens is 244 g/mol. The molecule has 0 aromatic carbocycles. The van der Waals surface area contributed by atoms with Crippen LogP contribution in [-0.2, 0) is 4.74 Å². The van der Waals surface area contributed by atoms with Crippen molar-refractivity contribution in [2.24, 2.45) is 0 Å². The molecule has 0 atom stereocenters. The van der Waals surface area contributed by atoms with E-state index in [1.165, 1.54) is 16.8 Å². The minimum atomic E-state index is 0.536. The van der Waals surface area contributed by atoms with Crippen LogP contribution in [0.25, 0.3) is 15.8 Å². The predicted molar refractivity (Wildman–Crippen MR) is 65.8 cm³/mol. The van der Waals surface area contributed by atoms with Gasteiger partial charge in [-0.3, -0.25) is 0 Å². The van der Waals surface area contributed by atoms with Crippen molar-refractivity contribution >= 4 is 38.7 Å². The second kappa shape index (κ2) is 4.13. The first-order valence-corrected chi connectivity index (χ1v) is 6.21. The van der Waals surface area contributed by atoms with E-state index >= 15 is 0 Å². The summed E-state index contributed by atoms with van der Waals surface area (Å²) in [5, 5.41) is 0.536. The highest BCUT2D eigenvalue weighted by Crippen LogP contribution is 2.34. The van der Waals surface area contributed by atoms with Gasteiger partial charge in [-0.25, -0.2) is 9.97 Å². The van der Waals surface area contributed by atoms with E-state index in [1.54, 1.807) is 11.3 Å². The molecule has 5 heteroatoms. The molecule has 0 radical (unpaired) electrons. The molecular formula is C11H9ClN2OS. The Morgan fingerprint density at radius 2 is 2.31 bits per heavy atom. The number of nitrogens with zero attached hydrogens (tertiary/aromatic N) is 2. The summed E-state index contributed by atoms with van der Waals surface area (Å²) < 4.78 is 6.26. The molecule has 0 saturated carbocycles. The van der Waals surface area contributed by atoms with E-state index in [1.807, 2.05) is 0 Å².